The van der Waals surface area contributed by atoms with E-state index < -0.39 is 6.10 Å². The van der Waals surface area contributed by atoms with E-state index in [9.17, 15) is 5.11 Å². The van der Waals surface area contributed by atoms with E-state index in [4.69, 9.17) is 4.74 Å². The SMILES string of the molecule is Cc1ccc(CN(CCN(C)C)CC(O)COC(C)(C)C)cc1. The van der Waals surface area contributed by atoms with Gasteiger partial charge in [-0.15, -0.1) is 0 Å². The molecule has 0 spiro atoms. The molecular formula is C19H34N2O2. The lowest BCUT2D eigenvalue weighted by Gasteiger charge is -2.28. The van der Waals surface area contributed by atoms with Crippen LogP contribution >= 0.6 is 0 Å². The zero-order valence-corrected chi connectivity index (χ0v) is 15.7. The molecule has 0 radical (unpaired) electrons. The number of aliphatic hydroxyl groups excluding tert-OH is 1. The fourth-order valence-corrected chi connectivity index (χ4v) is 2.22. The molecule has 0 heterocycles. The van der Waals surface area contributed by atoms with Crippen molar-refractivity contribution in [2.75, 3.05) is 40.3 Å². The highest BCUT2D eigenvalue weighted by atomic mass is 16.5. The van der Waals surface area contributed by atoms with Crippen molar-refractivity contribution in [1.82, 2.24) is 9.80 Å². The summed E-state index contributed by atoms with van der Waals surface area (Å²) < 4.78 is 5.70. The predicted octanol–water partition coefficient (Wildman–Crippen LogP) is 2.53. The number of nitrogens with zero attached hydrogens (tertiary/aromatic N) is 2. The molecule has 0 saturated carbocycles. The normalized spacial score (nSPS) is 13.8. The fourth-order valence-electron chi connectivity index (χ4n) is 2.22. The van der Waals surface area contributed by atoms with Gasteiger partial charge in [-0.3, -0.25) is 4.90 Å². The minimum atomic E-state index is -0.471. The largest absolute Gasteiger partial charge is 0.389 e. The average Bonchev–Trinajstić information content (AvgIpc) is 2.44. The first-order valence-electron chi connectivity index (χ1n) is 8.40. The van der Waals surface area contributed by atoms with Crippen LogP contribution in [0.5, 0.6) is 0 Å². The van der Waals surface area contributed by atoms with Gasteiger partial charge in [-0.25, -0.2) is 0 Å². The number of benzene rings is 1. The van der Waals surface area contributed by atoms with E-state index >= 15 is 0 Å². The molecule has 1 rings (SSSR count). The maximum absolute atomic E-state index is 10.3. The lowest BCUT2D eigenvalue weighted by Crippen LogP contribution is -2.39. The van der Waals surface area contributed by atoms with Gasteiger partial charge in [0.25, 0.3) is 0 Å². The van der Waals surface area contributed by atoms with Crippen LogP contribution < -0.4 is 0 Å². The Morgan fingerprint density at radius 1 is 1.09 bits per heavy atom. The second kappa shape index (κ2) is 9.38. The lowest BCUT2D eigenvalue weighted by molar-refractivity contribution is -0.0568. The highest BCUT2D eigenvalue weighted by Crippen LogP contribution is 2.10. The average molecular weight is 322 g/mol. The van der Waals surface area contributed by atoms with E-state index in [1.54, 1.807) is 0 Å². The highest BCUT2D eigenvalue weighted by Gasteiger charge is 2.17. The zero-order chi connectivity index (χ0) is 17.5. The molecule has 1 atom stereocenters. The summed E-state index contributed by atoms with van der Waals surface area (Å²) in [6.45, 7) is 11.9. The van der Waals surface area contributed by atoms with E-state index in [0.29, 0.717) is 13.2 Å². The van der Waals surface area contributed by atoms with Gasteiger partial charge >= 0.3 is 0 Å². The molecule has 0 fully saturated rings. The molecule has 23 heavy (non-hydrogen) atoms. The minimum Gasteiger partial charge on any atom is -0.389 e. The van der Waals surface area contributed by atoms with Crippen LogP contribution in [0.2, 0.25) is 0 Å². The molecule has 0 aliphatic rings. The highest BCUT2D eigenvalue weighted by molar-refractivity contribution is 5.21. The summed E-state index contributed by atoms with van der Waals surface area (Å²) >= 11 is 0. The van der Waals surface area contributed by atoms with E-state index in [0.717, 1.165) is 19.6 Å². The van der Waals surface area contributed by atoms with Crippen molar-refractivity contribution in [3.63, 3.8) is 0 Å². The molecule has 1 aromatic rings. The van der Waals surface area contributed by atoms with Crippen molar-refractivity contribution in [3.8, 4) is 0 Å². The molecule has 0 bridgehead atoms. The number of aliphatic hydroxyl groups is 1. The van der Waals surface area contributed by atoms with Gasteiger partial charge in [-0.1, -0.05) is 29.8 Å². The maximum Gasteiger partial charge on any atom is 0.0900 e. The van der Waals surface area contributed by atoms with Gasteiger partial charge in [-0.05, 0) is 47.4 Å². The molecule has 0 aliphatic carbocycles. The first kappa shape index (κ1) is 20.1. The standard InChI is InChI=1S/C19H34N2O2/c1-16-7-9-17(10-8-16)13-21(12-11-20(5)6)14-18(22)15-23-19(2,3)4/h7-10,18,22H,11-15H2,1-6H3. The summed E-state index contributed by atoms with van der Waals surface area (Å²) in [4.78, 5) is 4.46. The van der Waals surface area contributed by atoms with Crippen LogP contribution in [-0.4, -0.2) is 66.9 Å². The molecule has 1 aromatic carbocycles. The van der Waals surface area contributed by atoms with Gasteiger partial charge in [0.1, 0.15) is 0 Å². The Balaban J connectivity index is 2.58. The Kier molecular flexibility index (Phi) is 8.20. The molecule has 0 amide bonds. The van der Waals surface area contributed by atoms with Crippen LogP contribution in [0.25, 0.3) is 0 Å². The Bertz CT molecular complexity index is 438. The third-order valence-electron chi connectivity index (χ3n) is 3.57. The van der Waals surface area contributed by atoms with Crippen LogP contribution in [0.1, 0.15) is 31.9 Å². The first-order valence-corrected chi connectivity index (χ1v) is 8.40. The second-order valence-corrected chi connectivity index (χ2v) is 7.60. The monoisotopic (exact) mass is 322 g/mol. The number of rotatable bonds is 9. The molecular weight excluding hydrogens is 288 g/mol. The van der Waals surface area contributed by atoms with Crippen LogP contribution in [0.4, 0.5) is 0 Å². The predicted molar refractivity (Wildman–Crippen MR) is 96.7 cm³/mol. The lowest BCUT2D eigenvalue weighted by atomic mass is 10.1. The van der Waals surface area contributed by atoms with Gasteiger partial charge in [0.15, 0.2) is 0 Å². The molecule has 0 saturated heterocycles. The van der Waals surface area contributed by atoms with Crippen LogP contribution in [0, 0.1) is 6.92 Å². The molecule has 4 heteroatoms. The van der Waals surface area contributed by atoms with Gasteiger partial charge in [0.2, 0.25) is 0 Å². The Morgan fingerprint density at radius 2 is 1.70 bits per heavy atom. The molecule has 4 nitrogen and oxygen atoms in total. The Hall–Kier alpha value is -0.940. The van der Waals surface area contributed by atoms with E-state index in [1.165, 1.54) is 11.1 Å². The smallest absolute Gasteiger partial charge is 0.0900 e. The minimum absolute atomic E-state index is 0.216. The molecule has 1 unspecified atom stereocenters. The van der Waals surface area contributed by atoms with Crippen LogP contribution in [0.15, 0.2) is 24.3 Å². The first-order chi connectivity index (χ1) is 10.7. The van der Waals surface area contributed by atoms with Gasteiger partial charge in [0, 0.05) is 26.2 Å². The van der Waals surface area contributed by atoms with Crippen molar-refractivity contribution in [2.45, 2.75) is 45.9 Å². The van der Waals surface area contributed by atoms with Crippen LogP contribution in [-0.2, 0) is 11.3 Å². The Morgan fingerprint density at radius 3 is 2.22 bits per heavy atom. The quantitative estimate of drug-likeness (QED) is 0.758. The molecule has 0 aromatic heterocycles. The topological polar surface area (TPSA) is 35.9 Å². The summed E-state index contributed by atoms with van der Waals surface area (Å²) in [7, 11) is 4.15. The molecule has 0 aliphatic heterocycles. The summed E-state index contributed by atoms with van der Waals surface area (Å²) in [6.07, 6.45) is -0.471. The third kappa shape index (κ3) is 9.72. The second-order valence-electron chi connectivity index (χ2n) is 7.60. The number of hydrogen-bond donors (Lipinski definition) is 1. The van der Waals surface area contributed by atoms with Crippen LogP contribution in [0.3, 0.4) is 0 Å². The van der Waals surface area contributed by atoms with Crippen molar-refractivity contribution < 1.29 is 9.84 Å². The third-order valence-corrected chi connectivity index (χ3v) is 3.57. The summed E-state index contributed by atoms with van der Waals surface area (Å²) in [5, 5.41) is 10.3. The van der Waals surface area contributed by atoms with Gasteiger partial charge in [-0.2, -0.15) is 0 Å². The van der Waals surface area contributed by atoms with E-state index in [-0.39, 0.29) is 5.60 Å². The Labute approximate surface area is 142 Å². The van der Waals surface area contributed by atoms with Gasteiger partial charge < -0.3 is 14.7 Å². The molecule has 1 N–H and O–H groups in total. The summed E-state index contributed by atoms with van der Waals surface area (Å²) in [5.41, 5.74) is 2.33. The zero-order valence-electron chi connectivity index (χ0n) is 15.7. The summed E-state index contributed by atoms with van der Waals surface area (Å²) in [6, 6.07) is 8.60. The maximum atomic E-state index is 10.3. The summed E-state index contributed by atoms with van der Waals surface area (Å²) in [5.74, 6) is 0. The van der Waals surface area contributed by atoms with Crippen molar-refractivity contribution in [1.29, 1.82) is 0 Å². The van der Waals surface area contributed by atoms with Crippen molar-refractivity contribution >= 4 is 0 Å². The number of likely N-dealkylation sites (N-methyl/N-ethyl adjacent to an activating group) is 1. The van der Waals surface area contributed by atoms with Crippen molar-refractivity contribution in [3.05, 3.63) is 35.4 Å². The number of ether oxygens (including phenoxy) is 1. The molecule has 132 valence electrons. The van der Waals surface area contributed by atoms with E-state index in [1.807, 2.05) is 20.8 Å². The van der Waals surface area contributed by atoms with Gasteiger partial charge in [0.05, 0.1) is 18.3 Å². The van der Waals surface area contributed by atoms with Crippen molar-refractivity contribution in [2.24, 2.45) is 0 Å². The number of aryl methyl sites for hydroxylation is 1. The van der Waals surface area contributed by atoms with E-state index in [2.05, 4.69) is 55.1 Å². The number of hydrogen-bond acceptors (Lipinski definition) is 4. The fraction of sp³-hybridized carbons (Fsp3) is 0.684.